The van der Waals surface area contributed by atoms with Crippen molar-refractivity contribution in [2.75, 3.05) is 0 Å². The molecule has 0 atom stereocenters. The van der Waals surface area contributed by atoms with Crippen molar-refractivity contribution in [2.24, 2.45) is 0 Å². The van der Waals surface area contributed by atoms with E-state index in [0.717, 1.165) is 27.6 Å². The van der Waals surface area contributed by atoms with Gasteiger partial charge in [0.05, 0.1) is 5.69 Å². The molecule has 0 amide bonds. The average Bonchev–Trinajstić information content (AvgIpc) is 2.30. The number of aldehydes is 1. The van der Waals surface area contributed by atoms with E-state index in [1.807, 2.05) is 37.3 Å². The summed E-state index contributed by atoms with van der Waals surface area (Å²) < 4.78 is 1.01. The van der Waals surface area contributed by atoms with Gasteiger partial charge in [-0.2, -0.15) is 0 Å². The Morgan fingerprint density at radius 2 is 1.94 bits per heavy atom. The zero-order valence-electron chi connectivity index (χ0n) is 8.77. The summed E-state index contributed by atoms with van der Waals surface area (Å²) in [5.41, 5.74) is 3.30. The molecule has 3 heteroatoms. The molecular formula is C13H10BrNO. The molecule has 0 saturated heterocycles. The monoisotopic (exact) mass is 275 g/mol. The number of hydrogen-bond donors (Lipinski definition) is 0. The largest absolute Gasteiger partial charge is 0.298 e. The minimum absolute atomic E-state index is 0.627. The minimum atomic E-state index is 0.627. The fraction of sp³-hybridized carbons (Fsp3) is 0.0769. The first-order valence-corrected chi connectivity index (χ1v) is 5.68. The maximum atomic E-state index is 11.0. The second kappa shape index (κ2) is 4.58. The van der Waals surface area contributed by atoms with E-state index in [-0.39, 0.29) is 0 Å². The second-order valence-electron chi connectivity index (χ2n) is 3.58. The molecule has 2 nitrogen and oxygen atoms in total. The Morgan fingerprint density at radius 1 is 1.25 bits per heavy atom. The molecule has 0 aliphatic heterocycles. The van der Waals surface area contributed by atoms with Gasteiger partial charge in [0.1, 0.15) is 0 Å². The van der Waals surface area contributed by atoms with Gasteiger partial charge in [0.2, 0.25) is 0 Å². The highest BCUT2D eigenvalue weighted by atomic mass is 79.9. The van der Waals surface area contributed by atoms with Crippen LogP contribution in [0.4, 0.5) is 0 Å². The first kappa shape index (κ1) is 11.0. The fourth-order valence-corrected chi connectivity index (χ4v) is 1.79. The third kappa shape index (κ3) is 2.19. The molecule has 0 bridgehead atoms. The van der Waals surface area contributed by atoms with Crippen LogP contribution in [0.15, 0.2) is 41.0 Å². The van der Waals surface area contributed by atoms with Crippen molar-refractivity contribution >= 4 is 22.2 Å². The Kier molecular flexibility index (Phi) is 3.15. The first-order chi connectivity index (χ1) is 7.70. The molecule has 2 rings (SSSR count). The summed E-state index contributed by atoms with van der Waals surface area (Å²) in [6, 6.07) is 9.60. The SMILES string of the molecule is Cc1cnc(-c2ccc(Br)cc2)c(C=O)c1. The summed E-state index contributed by atoms with van der Waals surface area (Å²) in [6.45, 7) is 1.92. The molecule has 0 radical (unpaired) electrons. The topological polar surface area (TPSA) is 30.0 Å². The molecule has 2 aromatic rings. The summed E-state index contributed by atoms with van der Waals surface area (Å²) in [7, 11) is 0. The molecule has 1 heterocycles. The Morgan fingerprint density at radius 3 is 2.56 bits per heavy atom. The molecule has 16 heavy (non-hydrogen) atoms. The van der Waals surface area contributed by atoms with Crippen LogP contribution in [0.1, 0.15) is 15.9 Å². The summed E-state index contributed by atoms with van der Waals surface area (Å²) in [6.07, 6.45) is 2.61. The van der Waals surface area contributed by atoms with Crippen LogP contribution in [-0.2, 0) is 0 Å². The van der Waals surface area contributed by atoms with Crippen molar-refractivity contribution in [3.05, 3.63) is 52.1 Å². The molecule has 0 spiro atoms. The van der Waals surface area contributed by atoms with Crippen LogP contribution in [0.2, 0.25) is 0 Å². The van der Waals surface area contributed by atoms with Crippen molar-refractivity contribution in [3.8, 4) is 11.3 Å². The lowest BCUT2D eigenvalue weighted by Crippen LogP contribution is -1.92. The number of carbonyl (C=O) groups is 1. The summed E-state index contributed by atoms with van der Waals surface area (Å²) in [5, 5.41) is 0. The molecule has 0 N–H and O–H groups in total. The average molecular weight is 276 g/mol. The van der Waals surface area contributed by atoms with Gasteiger partial charge in [-0.3, -0.25) is 9.78 Å². The summed E-state index contributed by atoms with van der Waals surface area (Å²) in [4.78, 5) is 15.3. The lowest BCUT2D eigenvalue weighted by atomic mass is 10.1. The van der Waals surface area contributed by atoms with Crippen molar-refractivity contribution < 1.29 is 4.79 Å². The van der Waals surface area contributed by atoms with E-state index in [1.54, 1.807) is 6.20 Å². The third-order valence-corrected chi connectivity index (χ3v) is 2.83. The first-order valence-electron chi connectivity index (χ1n) is 4.88. The van der Waals surface area contributed by atoms with Crippen LogP contribution in [0.5, 0.6) is 0 Å². The van der Waals surface area contributed by atoms with Gasteiger partial charge in [0.25, 0.3) is 0 Å². The lowest BCUT2D eigenvalue weighted by Gasteiger charge is -2.05. The number of pyridine rings is 1. The number of hydrogen-bond acceptors (Lipinski definition) is 2. The molecule has 1 aromatic carbocycles. The summed E-state index contributed by atoms with van der Waals surface area (Å²) >= 11 is 3.38. The van der Waals surface area contributed by atoms with E-state index in [4.69, 9.17) is 0 Å². The quantitative estimate of drug-likeness (QED) is 0.784. The van der Waals surface area contributed by atoms with Gasteiger partial charge >= 0.3 is 0 Å². The van der Waals surface area contributed by atoms with Gasteiger partial charge < -0.3 is 0 Å². The molecule has 0 unspecified atom stereocenters. The zero-order valence-corrected chi connectivity index (χ0v) is 10.4. The fourth-order valence-electron chi connectivity index (χ4n) is 1.53. The van der Waals surface area contributed by atoms with E-state index in [9.17, 15) is 4.79 Å². The van der Waals surface area contributed by atoms with Gasteiger partial charge in [0, 0.05) is 21.8 Å². The number of aromatic nitrogens is 1. The van der Waals surface area contributed by atoms with E-state index >= 15 is 0 Å². The Balaban J connectivity index is 2.55. The van der Waals surface area contributed by atoms with Gasteiger partial charge in [-0.1, -0.05) is 28.1 Å². The maximum absolute atomic E-state index is 11.0. The number of rotatable bonds is 2. The van der Waals surface area contributed by atoms with Crippen LogP contribution < -0.4 is 0 Å². The highest BCUT2D eigenvalue weighted by Gasteiger charge is 2.06. The number of nitrogens with zero attached hydrogens (tertiary/aromatic N) is 1. The summed E-state index contributed by atoms with van der Waals surface area (Å²) in [5.74, 6) is 0. The highest BCUT2D eigenvalue weighted by Crippen LogP contribution is 2.22. The molecule has 0 aliphatic carbocycles. The lowest BCUT2D eigenvalue weighted by molar-refractivity contribution is 0.112. The minimum Gasteiger partial charge on any atom is -0.298 e. The molecule has 80 valence electrons. The third-order valence-electron chi connectivity index (χ3n) is 2.30. The van der Waals surface area contributed by atoms with Crippen molar-refractivity contribution in [3.63, 3.8) is 0 Å². The molecular weight excluding hydrogens is 266 g/mol. The normalized spacial score (nSPS) is 10.1. The number of halogens is 1. The van der Waals surface area contributed by atoms with Gasteiger partial charge in [-0.25, -0.2) is 0 Å². The van der Waals surface area contributed by atoms with Crippen LogP contribution in [0, 0.1) is 6.92 Å². The predicted octanol–water partition coefficient (Wildman–Crippen LogP) is 3.63. The van der Waals surface area contributed by atoms with Crippen LogP contribution in [-0.4, -0.2) is 11.3 Å². The van der Waals surface area contributed by atoms with Crippen molar-refractivity contribution in [1.29, 1.82) is 0 Å². The number of benzene rings is 1. The Bertz CT molecular complexity index is 520. The molecule has 0 aliphatic rings. The van der Waals surface area contributed by atoms with Gasteiger partial charge in [-0.05, 0) is 30.7 Å². The number of aryl methyl sites for hydroxylation is 1. The predicted molar refractivity (Wildman–Crippen MR) is 67.5 cm³/mol. The molecule has 1 aromatic heterocycles. The van der Waals surface area contributed by atoms with Crippen LogP contribution in [0.3, 0.4) is 0 Å². The van der Waals surface area contributed by atoms with Crippen LogP contribution in [0.25, 0.3) is 11.3 Å². The van der Waals surface area contributed by atoms with E-state index in [2.05, 4.69) is 20.9 Å². The van der Waals surface area contributed by atoms with E-state index in [1.165, 1.54) is 0 Å². The number of carbonyl (C=O) groups excluding carboxylic acids is 1. The zero-order chi connectivity index (χ0) is 11.5. The highest BCUT2D eigenvalue weighted by molar-refractivity contribution is 9.10. The second-order valence-corrected chi connectivity index (χ2v) is 4.49. The van der Waals surface area contributed by atoms with Crippen LogP contribution >= 0.6 is 15.9 Å². The van der Waals surface area contributed by atoms with Crippen molar-refractivity contribution in [1.82, 2.24) is 4.98 Å². The smallest absolute Gasteiger partial charge is 0.152 e. The Hall–Kier alpha value is -1.48. The Labute approximate surface area is 102 Å². The van der Waals surface area contributed by atoms with Gasteiger partial charge in [-0.15, -0.1) is 0 Å². The van der Waals surface area contributed by atoms with Gasteiger partial charge in [0.15, 0.2) is 6.29 Å². The molecule has 0 saturated carbocycles. The van der Waals surface area contributed by atoms with Crippen molar-refractivity contribution in [2.45, 2.75) is 6.92 Å². The standard InChI is InChI=1S/C13H10BrNO/c1-9-6-11(8-16)13(15-7-9)10-2-4-12(14)5-3-10/h2-8H,1H3. The van der Waals surface area contributed by atoms with E-state index < -0.39 is 0 Å². The maximum Gasteiger partial charge on any atom is 0.152 e. The van der Waals surface area contributed by atoms with E-state index in [0.29, 0.717) is 5.56 Å². The molecule has 0 fully saturated rings.